The lowest BCUT2D eigenvalue weighted by molar-refractivity contribution is -0.148. The minimum atomic E-state index is 0.00961. The SMILES string of the molecule is CCCCCCCCCOC(CCCCCCCCCC=COCOCCCCCCC)OCCCCCCCCC. The Labute approximate surface area is 264 Å². The highest BCUT2D eigenvalue weighted by Gasteiger charge is 2.09. The summed E-state index contributed by atoms with van der Waals surface area (Å²) >= 11 is 0. The minimum absolute atomic E-state index is 0.00961. The number of hydrogen-bond acceptors (Lipinski definition) is 4. The molecule has 0 N–H and O–H groups in total. The van der Waals surface area contributed by atoms with Crippen molar-refractivity contribution in [3.05, 3.63) is 12.3 Å². The topological polar surface area (TPSA) is 36.9 Å². The first kappa shape index (κ1) is 41.4. The molecule has 0 saturated heterocycles. The maximum absolute atomic E-state index is 6.22. The molecule has 4 nitrogen and oxygen atoms in total. The molecule has 0 aromatic carbocycles. The predicted molar refractivity (Wildman–Crippen MR) is 183 cm³/mol. The lowest BCUT2D eigenvalue weighted by atomic mass is 10.1. The molecule has 4 heteroatoms. The molecule has 0 rings (SSSR count). The Hall–Kier alpha value is -0.580. The molecule has 0 amide bonds. The molecule has 252 valence electrons. The van der Waals surface area contributed by atoms with Crippen LogP contribution in [0, 0.1) is 0 Å². The van der Waals surface area contributed by atoms with Gasteiger partial charge in [-0.1, -0.05) is 156 Å². The average Bonchev–Trinajstić information content (AvgIpc) is 3.00. The third-order valence-corrected chi connectivity index (χ3v) is 8.15. The summed E-state index contributed by atoms with van der Waals surface area (Å²) < 4.78 is 23.4. The number of unbranched alkanes of at least 4 members (excludes halogenated alkanes) is 23. The Balaban J connectivity index is 3.75. The van der Waals surface area contributed by atoms with Gasteiger partial charge in [0.25, 0.3) is 0 Å². The lowest BCUT2D eigenvalue weighted by Crippen LogP contribution is -2.19. The summed E-state index contributed by atoms with van der Waals surface area (Å²) in [7, 11) is 0. The maximum atomic E-state index is 6.22. The Morgan fingerprint density at radius 2 is 0.833 bits per heavy atom. The first-order valence-electron chi connectivity index (χ1n) is 18.9. The highest BCUT2D eigenvalue weighted by molar-refractivity contribution is 4.72. The van der Waals surface area contributed by atoms with Crippen molar-refractivity contribution in [1.82, 2.24) is 0 Å². The lowest BCUT2D eigenvalue weighted by Gasteiger charge is -2.19. The summed E-state index contributed by atoms with van der Waals surface area (Å²) in [6.07, 6.45) is 40.2. The molecule has 0 aliphatic carbocycles. The van der Waals surface area contributed by atoms with Gasteiger partial charge >= 0.3 is 0 Å². The van der Waals surface area contributed by atoms with E-state index in [1.165, 1.54) is 161 Å². The van der Waals surface area contributed by atoms with Crippen molar-refractivity contribution in [2.75, 3.05) is 26.6 Å². The highest BCUT2D eigenvalue weighted by atomic mass is 16.7. The van der Waals surface area contributed by atoms with Crippen LogP contribution < -0.4 is 0 Å². The van der Waals surface area contributed by atoms with Gasteiger partial charge in [-0.25, -0.2) is 0 Å². The fourth-order valence-electron chi connectivity index (χ4n) is 5.31. The van der Waals surface area contributed by atoms with Crippen LogP contribution in [-0.4, -0.2) is 32.9 Å². The van der Waals surface area contributed by atoms with Crippen molar-refractivity contribution in [2.24, 2.45) is 0 Å². The first-order valence-corrected chi connectivity index (χ1v) is 18.9. The Morgan fingerprint density at radius 1 is 0.429 bits per heavy atom. The van der Waals surface area contributed by atoms with Crippen molar-refractivity contribution < 1.29 is 18.9 Å². The molecule has 0 bridgehead atoms. The molecule has 42 heavy (non-hydrogen) atoms. The van der Waals surface area contributed by atoms with E-state index in [1.807, 2.05) is 6.26 Å². The van der Waals surface area contributed by atoms with Gasteiger partial charge in [0.2, 0.25) is 0 Å². The Kier molecular flexibility index (Phi) is 37.9. The van der Waals surface area contributed by atoms with Crippen LogP contribution in [0.2, 0.25) is 0 Å². The molecule has 0 saturated carbocycles. The van der Waals surface area contributed by atoms with Crippen LogP contribution in [0.15, 0.2) is 12.3 Å². The van der Waals surface area contributed by atoms with E-state index in [2.05, 4.69) is 26.8 Å². The van der Waals surface area contributed by atoms with E-state index in [1.54, 1.807) is 0 Å². The van der Waals surface area contributed by atoms with Gasteiger partial charge in [0, 0.05) is 13.2 Å². The van der Waals surface area contributed by atoms with Gasteiger partial charge in [-0.3, -0.25) is 0 Å². The molecule has 0 aliphatic heterocycles. The molecular weight excluding hydrogens is 520 g/mol. The molecular formula is C38H76O4. The largest absolute Gasteiger partial charge is 0.475 e. The van der Waals surface area contributed by atoms with Gasteiger partial charge in [-0.05, 0) is 51.0 Å². The summed E-state index contributed by atoms with van der Waals surface area (Å²) in [4.78, 5) is 0. The molecule has 0 heterocycles. The average molecular weight is 597 g/mol. The second kappa shape index (κ2) is 38.4. The summed E-state index contributed by atoms with van der Waals surface area (Å²) in [6, 6.07) is 0. The third kappa shape index (κ3) is 35.6. The van der Waals surface area contributed by atoms with Gasteiger partial charge in [0.05, 0.1) is 12.9 Å². The van der Waals surface area contributed by atoms with Gasteiger partial charge in [-0.2, -0.15) is 0 Å². The van der Waals surface area contributed by atoms with Crippen LogP contribution in [0.25, 0.3) is 0 Å². The molecule has 0 fully saturated rings. The van der Waals surface area contributed by atoms with Gasteiger partial charge in [0.15, 0.2) is 13.1 Å². The van der Waals surface area contributed by atoms with Crippen molar-refractivity contribution in [1.29, 1.82) is 0 Å². The molecule has 0 aliphatic rings. The molecule has 0 spiro atoms. The van der Waals surface area contributed by atoms with E-state index in [0.717, 1.165) is 39.1 Å². The van der Waals surface area contributed by atoms with Crippen molar-refractivity contribution >= 4 is 0 Å². The fourth-order valence-corrected chi connectivity index (χ4v) is 5.31. The van der Waals surface area contributed by atoms with Crippen LogP contribution in [-0.2, 0) is 18.9 Å². The normalized spacial score (nSPS) is 11.8. The van der Waals surface area contributed by atoms with E-state index < -0.39 is 0 Å². The molecule has 0 aromatic heterocycles. The van der Waals surface area contributed by atoms with Gasteiger partial charge in [-0.15, -0.1) is 0 Å². The van der Waals surface area contributed by atoms with E-state index >= 15 is 0 Å². The zero-order chi connectivity index (χ0) is 30.4. The zero-order valence-corrected chi connectivity index (χ0v) is 29.0. The summed E-state index contributed by atoms with van der Waals surface area (Å²) in [6.45, 7) is 9.74. The monoisotopic (exact) mass is 597 g/mol. The van der Waals surface area contributed by atoms with Crippen molar-refractivity contribution in [2.45, 2.75) is 207 Å². The standard InChI is InChI=1S/C38H76O4/c1-4-7-10-13-19-25-30-35-41-38(42-36-31-26-20-14-11-8-5-2)32-27-22-18-16-15-17-21-24-29-34-40-37-39-33-28-23-12-9-6-3/h29,34,38H,4-28,30-33,35-37H2,1-3H3. The maximum Gasteiger partial charge on any atom is 0.188 e. The van der Waals surface area contributed by atoms with E-state index in [9.17, 15) is 0 Å². The summed E-state index contributed by atoms with van der Waals surface area (Å²) in [5, 5.41) is 0. The second-order valence-electron chi connectivity index (χ2n) is 12.4. The number of ether oxygens (including phenoxy) is 4. The highest BCUT2D eigenvalue weighted by Crippen LogP contribution is 2.15. The van der Waals surface area contributed by atoms with Crippen LogP contribution in [0.3, 0.4) is 0 Å². The second-order valence-corrected chi connectivity index (χ2v) is 12.4. The number of rotatable bonds is 37. The number of allylic oxidation sites excluding steroid dienone is 1. The summed E-state index contributed by atoms with van der Waals surface area (Å²) in [5.41, 5.74) is 0. The van der Waals surface area contributed by atoms with Crippen LogP contribution in [0.4, 0.5) is 0 Å². The fraction of sp³-hybridized carbons (Fsp3) is 0.947. The molecule has 0 radical (unpaired) electrons. The smallest absolute Gasteiger partial charge is 0.188 e. The van der Waals surface area contributed by atoms with E-state index in [4.69, 9.17) is 18.9 Å². The number of hydrogen-bond donors (Lipinski definition) is 0. The molecule has 0 unspecified atom stereocenters. The summed E-state index contributed by atoms with van der Waals surface area (Å²) in [5.74, 6) is 0. The first-order chi connectivity index (χ1) is 20.8. The Bertz CT molecular complexity index is 475. The predicted octanol–water partition coefficient (Wildman–Crippen LogP) is 12.8. The van der Waals surface area contributed by atoms with Gasteiger partial charge in [0.1, 0.15) is 0 Å². The third-order valence-electron chi connectivity index (χ3n) is 8.15. The van der Waals surface area contributed by atoms with E-state index in [0.29, 0.717) is 6.79 Å². The van der Waals surface area contributed by atoms with Crippen molar-refractivity contribution in [3.8, 4) is 0 Å². The van der Waals surface area contributed by atoms with Crippen LogP contribution >= 0.6 is 0 Å². The molecule has 0 aromatic rings. The van der Waals surface area contributed by atoms with E-state index in [-0.39, 0.29) is 6.29 Å². The Morgan fingerprint density at radius 3 is 1.33 bits per heavy atom. The molecule has 0 atom stereocenters. The minimum Gasteiger partial charge on any atom is -0.475 e. The zero-order valence-electron chi connectivity index (χ0n) is 29.0. The quantitative estimate of drug-likeness (QED) is 0.0406. The van der Waals surface area contributed by atoms with Crippen molar-refractivity contribution in [3.63, 3.8) is 0 Å². The van der Waals surface area contributed by atoms with Crippen LogP contribution in [0.5, 0.6) is 0 Å². The van der Waals surface area contributed by atoms with Crippen LogP contribution in [0.1, 0.15) is 201 Å². The van der Waals surface area contributed by atoms with Gasteiger partial charge < -0.3 is 18.9 Å².